The van der Waals surface area contributed by atoms with E-state index in [-0.39, 0.29) is 11.4 Å². The number of benzene rings is 1. The average Bonchev–Trinajstić information content (AvgIpc) is 2.04. The van der Waals surface area contributed by atoms with Gasteiger partial charge in [-0.1, -0.05) is 30.0 Å². The molecule has 0 amide bonds. The molecular weight excluding hydrogens is 184 g/mol. The van der Waals surface area contributed by atoms with E-state index in [0.717, 1.165) is 4.90 Å². The number of carbonyl (C=O) groups excluding carboxylic acids is 1. The average molecular weight is 196 g/mol. The van der Waals surface area contributed by atoms with Crippen LogP contribution in [0.25, 0.3) is 0 Å². The van der Waals surface area contributed by atoms with Crippen molar-refractivity contribution in [1.82, 2.24) is 0 Å². The van der Waals surface area contributed by atoms with E-state index in [0.29, 0.717) is 0 Å². The summed E-state index contributed by atoms with van der Waals surface area (Å²) in [6.07, 6.45) is 0. The molecule has 70 valence electrons. The zero-order chi connectivity index (χ0) is 9.68. The van der Waals surface area contributed by atoms with Crippen molar-refractivity contribution in [2.75, 3.05) is 0 Å². The molecule has 0 aromatic heterocycles. The lowest BCUT2D eigenvalue weighted by atomic mass is 10.4. The van der Waals surface area contributed by atoms with Gasteiger partial charge in [0.2, 0.25) is 0 Å². The molecule has 0 spiro atoms. The van der Waals surface area contributed by atoms with Crippen molar-refractivity contribution in [3.8, 4) is 0 Å². The van der Waals surface area contributed by atoms with Crippen LogP contribution < -0.4 is 0 Å². The summed E-state index contributed by atoms with van der Waals surface area (Å²) in [5, 5.41) is 0. The molecule has 0 radical (unpaired) electrons. The maximum Gasteiger partial charge on any atom is 0.303 e. The number of hydrogen-bond donors (Lipinski definition) is 0. The van der Waals surface area contributed by atoms with Crippen molar-refractivity contribution < 1.29 is 9.53 Å². The van der Waals surface area contributed by atoms with Gasteiger partial charge in [-0.2, -0.15) is 0 Å². The van der Waals surface area contributed by atoms with Crippen LogP contribution in [0, 0.1) is 0 Å². The monoisotopic (exact) mass is 196 g/mol. The number of hydrogen-bond acceptors (Lipinski definition) is 3. The van der Waals surface area contributed by atoms with Crippen LogP contribution in [0.15, 0.2) is 35.2 Å². The second-order valence-electron chi connectivity index (χ2n) is 2.61. The number of ether oxygens (including phenoxy) is 1. The van der Waals surface area contributed by atoms with Gasteiger partial charge < -0.3 is 4.74 Å². The zero-order valence-electron chi connectivity index (χ0n) is 7.69. The van der Waals surface area contributed by atoms with Crippen LogP contribution in [0.4, 0.5) is 0 Å². The van der Waals surface area contributed by atoms with Crippen LogP contribution in [0.5, 0.6) is 0 Å². The predicted molar refractivity (Wildman–Crippen MR) is 53.5 cm³/mol. The molecule has 3 heteroatoms. The van der Waals surface area contributed by atoms with Crippen LogP contribution in [-0.4, -0.2) is 11.4 Å². The van der Waals surface area contributed by atoms with Crippen LogP contribution in [0.2, 0.25) is 0 Å². The summed E-state index contributed by atoms with van der Waals surface area (Å²) in [7, 11) is 0. The highest BCUT2D eigenvalue weighted by Gasteiger charge is 2.05. The maximum absolute atomic E-state index is 10.6. The molecule has 1 aromatic rings. The van der Waals surface area contributed by atoms with Crippen molar-refractivity contribution in [3.63, 3.8) is 0 Å². The molecule has 0 N–H and O–H groups in total. The number of esters is 1. The van der Waals surface area contributed by atoms with Gasteiger partial charge in [0.05, 0.1) is 0 Å². The highest BCUT2D eigenvalue weighted by Crippen LogP contribution is 2.23. The van der Waals surface area contributed by atoms with Gasteiger partial charge in [-0.05, 0) is 19.1 Å². The minimum absolute atomic E-state index is 0.125. The SMILES string of the molecule is CC(=O)OC(C)Sc1ccccc1. The molecule has 0 aliphatic heterocycles. The Labute approximate surface area is 82.3 Å². The Kier molecular flexibility index (Phi) is 3.83. The lowest BCUT2D eigenvalue weighted by molar-refractivity contribution is -0.141. The van der Waals surface area contributed by atoms with Gasteiger partial charge in [-0.3, -0.25) is 4.79 Å². The zero-order valence-corrected chi connectivity index (χ0v) is 8.51. The highest BCUT2D eigenvalue weighted by molar-refractivity contribution is 7.99. The van der Waals surface area contributed by atoms with Crippen molar-refractivity contribution in [2.24, 2.45) is 0 Å². The van der Waals surface area contributed by atoms with Gasteiger partial charge in [0.1, 0.15) is 5.44 Å². The van der Waals surface area contributed by atoms with E-state index in [1.165, 1.54) is 18.7 Å². The Bertz CT molecular complexity index is 272. The van der Waals surface area contributed by atoms with Crippen molar-refractivity contribution in [1.29, 1.82) is 0 Å². The molecule has 1 atom stereocenters. The van der Waals surface area contributed by atoms with E-state index in [2.05, 4.69) is 0 Å². The number of thioether (sulfide) groups is 1. The fraction of sp³-hybridized carbons (Fsp3) is 0.300. The standard InChI is InChI=1S/C10H12O2S/c1-8(11)12-9(2)13-10-6-4-3-5-7-10/h3-7,9H,1-2H3. The highest BCUT2D eigenvalue weighted by atomic mass is 32.2. The molecule has 0 heterocycles. The van der Waals surface area contributed by atoms with Gasteiger partial charge in [0.15, 0.2) is 0 Å². The van der Waals surface area contributed by atoms with Crippen LogP contribution >= 0.6 is 11.8 Å². The van der Waals surface area contributed by atoms with E-state index in [9.17, 15) is 4.79 Å². The van der Waals surface area contributed by atoms with E-state index in [1.54, 1.807) is 0 Å². The Morgan fingerprint density at radius 3 is 2.54 bits per heavy atom. The maximum atomic E-state index is 10.6. The van der Waals surface area contributed by atoms with E-state index >= 15 is 0 Å². The topological polar surface area (TPSA) is 26.3 Å². The molecule has 1 rings (SSSR count). The molecule has 0 aliphatic rings. The second kappa shape index (κ2) is 4.92. The van der Waals surface area contributed by atoms with Crippen molar-refractivity contribution in [3.05, 3.63) is 30.3 Å². The van der Waals surface area contributed by atoms with Gasteiger partial charge in [0, 0.05) is 11.8 Å². The minimum atomic E-state index is -0.240. The van der Waals surface area contributed by atoms with E-state index in [1.807, 2.05) is 37.3 Å². The van der Waals surface area contributed by atoms with Crippen LogP contribution in [0.1, 0.15) is 13.8 Å². The first kappa shape index (κ1) is 10.1. The summed E-state index contributed by atoms with van der Waals surface area (Å²) >= 11 is 1.53. The molecule has 0 saturated heterocycles. The minimum Gasteiger partial charge on any atom is -0.451 e. The van der Waals surface area contributed by atoms with Crippen LogP contribution in [0.3, 0.4) is 0 Å². The fourth-order valence-corrected chi connectivity index (χ4v) is 1.83. The molecule has 1 unspecified atom stereocenters. The summed E-state index contributed by atoms with van der Waals surface area (Å²) < 4.78 is 4.98. The van der Waals surface area contributed by atoms with Gasteiger partial charge in [-0.15, -0.1) is 0 Å². The van der Waals surface area contributed by atoms with Gasteiger partial charge in [-0.25, -0.2) is 0 Å². The summed E-state index contributed by atoms with van der Waals surface area (Å²) in [6, 6.07) is 9.86. The van der Waals surface area contributed by atoms with Crippen LogP contribution in [-0.2, 0) is 9.53 Å². The summed E-state index contributed by atoms with van der Waals surface area (Å²) in [5.74, 6) is -0.240. The molecular formula is C10H12O2S. The van der Waals surface area contributed by atoms with Gasteiger partial charge >= 0.3 is 5.97 Å². The lowest BCUT2D eigenvalue weighted by Crippen LogP contribution is -2.07. The largest absolute Gasteiger partial charge is 0.451 e. The molecule has 0 aliphatic carbocycles. The third-order valence-corrected chi connectivity index (χ3v) is 2.35. The van der Waals surface area contributed by atoms with E-state index in [4.69, 9.17) is 4.74 Å². The summed E-state index contributed by atoms with van der Waals surface area (Å²) in [6.45, 7) is 3.28. The first-order valence-corrected chi connectivity index (χ1v) is 4.95. The third kappa shape index (κ3) is 3.99. The first-order chi connectivity index (χ1) is 6.18. The van der Waals surface area contributed by atoms with E-state index < -0.39 is 0 Å². The lowest BCUT2D eigenvalue weighted by Gasteiger charge is -2.10. The molecule has 13 heavy (non-hydrogen) atoms. The van der Waals surface area contributed by atoms with Gasteiger partial charge in [0.25, 0.3) is 0 Å². The molecule has 0 bridgehead atoms. The van der Waals surface area contributed by atoms with Crippen molar-refractivity contribution in [2.45, 2.75) is 24.2 Å². The number of rotatable bonds is 3. The Morgan fingerprint density at radius 2 is 2.00 bits per heavy atom. The quantitative estimate of drug-likeness (QED) is 0.422. The fourth-order valence-electron chi connectivity index (χ4n) is 0.948. The Morgan fingerprint density at radius 1 is 1.38 bits per heavy atom. The Balaban J connectivity index is 2.45. The van der Waals surface area contributed by atoms with Crippen molar-refractivity contribution >= 4 is 17.7 Å². The molecule has 1 aromatic carbocycles. The summed E-state index contributed by atoms with van der Waals surface area (Å²) in [4.78, 5) is 11.7. The summed E-state index contributed by atoms with van der Waals surface area (Å²) in [5.41, 5.74) is -0.125. The molecule has 2 nitrogen and oxygen atoms in total. The smallest absolute Gasteiger partial charge is 0.303 e. The number of carbonyl (C=O) groups is 1. The Hall–Kier alpha value is -0.960. The predicted octanol–water partition coefficient (Wildman–Crippen LogP) is 2.69. The normalized spacial score (nSPS) is 12.2. The first-order valence-electron chi connectivity index (χ1n) is 4.07. The molecule has 0 saturated carbocycles. The second-order valence-corrected chi connectivity index (χ2v) is 3.98. The molecule has 0 fully saturated rings. The third-order valence-electron chi connectivity index (χ3n) is 1.38.